The van der Waals surface area contributed by atoms with Crippen molar-refractivity contribution in [2.45, 2.75) is 32.0 Å². The van der Waals surface area contributed by atoms with Crippen LogP contribution >= 0.6 is 11.3 Å². The Kier molecular flexibility index (Phi) is 5.58. The van der Waals surface area contributed by atoms with Crippen LogP contribution in [0.5, 0.6) is 0 Å². The second kappa shape index (κ2) is 8.44. The van der Waals surface area contributed by atoms with E-state index in [1.165, 1.54) is 11.3 Å². The molecule has 3 aromatic rings. The van der Waals surface area contributed by atoms with Crippen molar-refractivity contribution >= 4 is 23.2 Å². The minimum atomic E-state index is -0.0722. The van der Waals surface area contributed by atoms with Gasteiger partial charge in [0.25, 0.3) is 5.91 Å². The van der Waals surface area contributed by atoms with Crippen molar-refractivity contribution in [3.8, 4) is 0 Å². The number of carbonyl (C=O) groups is 2. The van der Waals surface area contributed by atoms with Crippen molar-refractivity contribution in [1.29, 1.82) is 0 Å². The van der Waals surface area contributed by atoms with E-state index in [-0.39, 0.29) is 24.4 Å². The third-order valence-corrected chi connectivity index (χ3v) is 5.64. The van der Waals surface area contributed by atoms with Gasteiger partial charge in [0.2, 0.25) is 5.91 Å². The monoisotopic (exact) mass is 394 g/mol. The van der Waals surface area contributed by atoms with Gasteiger partial charge in [-0.1, -0.05) is 36.4 Å². The number of thiophene rings is 1. The van der Waals surface area contributed by atoms with E-state index in [0.29, 0.717) is 18.0 Å². The summed E-state index contributed by atoms with van der Waals surface area (Å²) in [5.41, 5.74) is 1.05. The van der Waals surface area contributed by atoms with Crippen LogP contribution in [0.25, 0.3) is 0 Å². The van der Waals surface area contributed by atoms with Gasteiger partial charge in [-0.25, -0.2) is 0 Å². The zero-order valence-electron chi connectivity index (χ0n) is 15.5. The van der Waals surface area contributed by atoms with Crippen molar-refractivity contribution in [1.82, 2.24) is 9.80 Å². The molecule has 0 spiro atoms. The third kappa shape index (κ3) is 4.51. The zero-order valence-corrected chi connectivity index (χ0v) is 16.3. The van der Waals surface area contributed by atoms with Crippen LogP contribution in [-0.2, 0) is 17.9 Å². The smallest absolute Gasteiger partial charge is 0.264 e. The Labute approximate surface area is 168 Å². The first-order valence-corrected chi connectivity index (χ1v) is 10.3. The summed E-state index contributed by atoms with van der Waals surface area (Å²) >= 11 is 1.42. The van der Waals surface area contributed by atoms with Crippen LogP contribution in [0.3, 0.4) is 0 Å². The Balaban J connectivity index is 1.51. The maximum Gasteiger partial charge on any atom is 0.264 e. The summed E-state index contributed by atoms with van der Waals surface area (Å²) in [5.74, 6) is 0.604. The van der Waals surface area contributed by atoms with E-state index >= 15 is 0 Å². The molecule has 0 atom stereocenters. The minimum Gasteiger partial charge on any atom is -0.467 e. The molecule has 6 heteroatoms. The highest BCUT2D eigenvalue weighted by atomic mass is 32.1. The number of benzene rings is 1. The molecule has 5 nitrogen and oxygen atoms in total. The van der Waals surface area contributed by atoms with Crippen LogP contribution in [0.2, 0.25) is 0 Å². The number of rotatable bonds is 8. The molecule has 0 N–H and O–H groups in total. The molecule has 2 heterocycles. The summed E-state index contributed by atoms with van der Waals surface area (Å²) in [5, 5.41) is 1.89. The second-order valence-electron chi connectivity index (χ2n) is 6.96. The maximum atomic E-state index is 13.2. The van der Waals surface area contributed by atoms with Crippen LogP contribution in [0.1, 0.15) is 33.8 Å². The predicted octanol–water partition coefficient (Wildman–Crippen LogP) is 4.17. The lowest BCUT2D eigenvalue weighted by Gasteiger charge is -2.27. The van der Waals surface area contributed by atoms with Crippen LogP contribution in [0, 0.1) is 0 Å². The molecule has 28 heavy (non-hydrogen) atoms. The predicted molar refractivity (Wildman–Crippen MR) is 108 cm³/mol. The van der Waals surface area contributed by atoms with Gasteiger partial charge in [-0.2, -0.15) is 0 Å². The largest absolute Gasteiger partial charge is 0.467 e. The Morgan fingerprint density at radius 3 is 2.46 bits per heavy atom. The number of hydrogen-bond acceptors (Lipinski definition) is 4. The van der Waals surface area contributed by atoms with Gasteiger partial charge in [0, 0.05) is 12.6 Å². The van der Waals surface area contributed by atoms with Gasteiger partial charge in [0.05, 0.1) is 17.7 Å². The molecule has 2 amide bonds. The number of carbonyl (C=O) groups excluding carboxylic acids is 2. The zero-order chi connectivity index (χ0) is 19.3. The summed E-state index contributed by atoms with van der Waals surface area (Å²) < 4.78 is 5.45. The first-order valence-electron chi connectivity index (χ1n) is 9.39. The number of amides is 2. The number of hydrogen-bond donors (Lipinski definition) is 0. The summed E-state index contributed by atoms with van der Waals surface area (Å²) in [6, 6.07) is 17.4. The van der Waals surface area contributed by atoms with Gasteiger partial charge in [-0.05, 0) is 42.0 Å². The van der Waals surface area contributed by atoms with Crippen molar-refractivity contribution in [2.75, 3.05) is 6.54 Å². The third-order valence-electron chi connectivity index (χ3n) is 4.78. The van der Waals surface area contributed by atoms with Crippen LogP contribution < -0.4 is 0 Å². The molecule has 0 saturated heterocycles. The van der Waals surface area contributed by atoms with Crippen molar-refractivity contribution in [3.05, 3.63) is 82.4 Å². The van der Waals surface area contributed by atoms with E-state index in [4.69, 9.17) is 4.42 Å². The fourth-order valence-electron chi connectivity index (χ4n) is 3.17. The Morgan fingerprint density at radius 2 is 1.82 bits per heavy atom. The minimum absolute atomic E-state index is 0.0523. The summed E-state index contributed by atoms with van der Waals surface area (Å²) in [6.07, 6.45) is 3.53. The van der Waals surface area contributed by atoms with Gasteiger partial charge >= 0.3 is 0 Å². The number of nitrogens with zero attached hydrogens (tertiary/aromatic N) is 2. The van der Waals surface area contributed by atoms with Gasteiger partial charge in [-0.15, -0.1) is 11.3 Å². The van der Waals surface area contributed by atoms with Crippen LogP contribution in [0.4, 0.5) is 0 Å². The first kappa shape index (κ1) is 18.5. The second-order valence-corrected chi connectivity index (χ2v) is 7.90. The average molecular weight is 394 g/mol. The highest BCUT2D eigenvalue weighted by Gasteiger charge is 2.35. The molecule has 0 aliphatic heterocycles. The molecule has 1 aliphatic carbocycles. The highest BCUT2D eigenvalue weighted by Crippen LogP contribution is 2.29. The lowest BCUT2D eigenvalue weighted by Crippen LogP contribution is -2.43. The molecule has 1 fully saturated rings. The van der Waals surface area contributed by atoms with Gasteiger partial charge in [-0.3, -0.25) is 9.59 Å². The molecule has 144 valence electrons. The first-order chi connectivity index (χ1) is 13.7. The van der Waals surface area contributed by atoms with Crippen LogP contribution in [0.15, 0.2) is 70.7 Å². The molecule has 1 aliphatic rings. The lowest BCUT2D eigenvalue weighted by molar-refractivity contribution is -0.133. The Hall–Kier alpha value is -2.86. The summed E-state index contributed by atoms with van der Waals surface area (Å²) in [7, 11) is 0. The van der Waals surface area contributed by atoms with Gasteiger partial charge < -0.3 is 14.2 Å². The lowest BCUT2D eigenvalue weighted by atomic mass is 10.2. The molecular formula is C22H22N2O3S. The van der Waals surface area contributed by atoms with Crippen molar-refractivity contribution < 1.29 is 14.0 Å². The summed E-state index contributed by atoms with van der Waals surface area (Å²) in [6.45, 7) is 0.952. The number of furan rings is 1. The Bertz CT molecular complexity index is 903. The summed E-state index contributed by atoms with van der Waals surface area (Å²) in [4.78, 5) is 30.2. The fourth-order valence-corrected chi connectivity index (χ4v) is 3.85. The van der Waals surface area contributed by atoms with Crippen molar-refractivity contribution in [2.24, 2.45) is 0 Å². The van der Waals surface area contributed by atoms with E-state index in [0.717, 1.165) is 24.2 Å². The standard InChI is InChI=1S/C22H22N2O3S/c25-21(16-24(18-10-11-18)22(26)20-9-5-13-28-20)23(15-19-8-4-12-27-19)14-17-6-2-1-3-7-17/h1-9,12-13,18H,10-11,14-16H2. The SMILES string of the molecule is O=C(CN(C(=O)c1cccs1)C1CC1)N(Cc1ccccc1)Cc1ccco1. The molecule has 4 rings (SSSR count). The van der Waals surface area contributed by atoms with Crippen LogP contribution in [-0.4, -0.2) is 34.2 Å². The normalized spacial score (nSPS) is 13.3. The maximum absolute atomic E-state index is 13.2. The highest BCUT2D eigenvalue weighted by molar-refractivity contribution is 7.12. The molecule has 1 saturated carbocycles. The van der Waals surface area contributed by atoms with Gasteiger partial charge in [0.1, 0.15) is 12.3 Å². The average Bonchev–Trinajstić information content (AvgIpc) is 3.18. The molecular weight excluding hydrogens is 372 g/mol. The van der Waals surface area contributed by atoms with E-state index in [9.17, 15) is 9.59 Å². The molecule has 0 unspecified atom stereocenters. The van der Waals surface area contributed by atoms with E-state index in [1.807, 2.05) is 60.0 Å². The van der Waals surface area contributed by atoms with E-state index in [2.05, 4.69) is 0 Å². The van der Waals surface area contributed by atoms with Crippen molar-refractivity contribution in [3.63, 3.8) is 0 Å². The molecule has 0 bridgehead atoms. The topological polar surface area (TPSA) is 53.8 Å². The quantitative estimate of drug-likeness (QED) is 0.576. The fraction of sp³-hybridized carbons (Fsp3) is 0.273. The van der Waals surface area contributed by atoms with E-state index in [1.54, 1.807) is 16.1 Å². The molecule has 1 aromatic carbocycles. The van der Waals surface area contributed by atoms with E-state index < -0.39 is 0 Å². The molecule has 0 radical (unpaired) electrons. The molecule has 2 aromatic heterocycles. The Morgan fingerprint density at radius 1 is 1.00 bits per heavy atom. The van der Waals surface area contributed by atoms with Gasteiger partial charge in [0.15, 0.2) is 0 Å².